The van der Waals surface area contributed by atoms with Crippen molar-refractivity contribution in [3.63, 3.8) is 0 Å². The number of carbonyl (C=O) groups is 3. The third kappa shape index (κ3) is 4.87. The molecule has 1 atom stereocenters. The smallest absolute Gasteiger partial charge is 0.407 e. The van der Waals surface area contributed by atoms with Crippen LogP contribution in [0, 0.1) is 0 Å². The van der Waals surface area contributed by atoms with Gasteiger partial charge in [0, 0.05) is 25.5 Å². The maximum absolute atomic E-state index is 12.7. The van der Waals surface area contributed by atoms with E-state index in [0.29, 0.717) is 5.82 Å². The minimum Gasteiger partial charge on any atom is -0.481 e. The Bertz CT molecular complexity index is 1140. The fourth-order valence-electron chi connectivity index (χ4n) is 4.03. The third-order valence-corrected chi connectivity index (χ3v) is 5.67. The number of amides is 2. The SMILES string of the molecule is Cn1nccc1NC(=O)C(CCC(=O)O)NC(=O)OCC1c2ccccc2-c2ccccc21. The van der Waals surface area contributed by atoms with Crippen molar-refractivity contribution in [2.75, 3.05) is 11.9 Å². The number of benzene rings is 2. The molecular weight excluding hydrogens is 424 g/mol. The van der Waals surface area contributed by atoms with Crippen LogP contribution in [-0.4, -0.2) is 45.5 Å². The Balaban J connectivity index is 1.43. The van der Waals surface area contributed by atoms with Crippen LogP contribution in [0.4, 0.5) is 10.6 Å². The molecule has 9 heteroatoms. The van der Waals surface area contributed by atoms with Gasteiger partial charge in [-0.15, -0.1) is 0 Å². The number of nitrogens with one attached hydrogen (secondary N) is 2. The molecule has 0 saturated heterocycles. The Morgan fingerprint density at radius 3 is 2.27 bits per heavy atom. The molecule has 2 amide bonds. The highest BCUT2D eigenvalue weighted by Gasteiger charge is 2.30. The number of hydrogen-bond acceptors (Lipinski definition) is 5. The molecule has 1 aliphatic carbocycles. The van der Waals surface area contributed by atoms with Crippen LogP contribution in [0.5, 0.6) is 0 Å². The highest BCUT2D eigenvalue weighted by atomic mass is 16.5. The van der Waals surface area contributed by atoms with Crippen LogP contribution < -0.4 is 10.6 Å². The zero-order chi connectivity index (χ0) is 23.4. The number of carboxylic acid groups (broad SMARTS) is 1. The number of hydrogen-bond donors (Lipinski definition) is 3. The second-order valence-corrected chi connectivity index (χ2v) is 7.78. The van der Waals surface area contributed by atoms with Crippen molar-refractivity contribution in [2.24, 2.45) is 7.05 Å². The average Bonchev–Trinajstić information content (AvgIpc) is 3.35. The van der Waals surface area contributed by atoms with Crippen molar-refractivity contribution in [1.29, 1.82) is 0 Å². The van der Waals surface area contributed by atoms with Gasteiger partial charge in [0.1, 0.15) is 18.5 Å². The van der Waals surface area contributed by atoms with Crippen LogP contribution in [0.15, 0.2) is 60.8 Å². The van der Waals surface area contributed by atoms with E-state index in [1.807, 2.05) is 48.5 Å². The number of fused-ring (bicyclic) bond motifs is 3. The van der Waals surface area contributed by atoms with E-state index in [1.54, 1.807) is 13.1 Å². The number of alkyl carbamates (subject to hydrolysis) is 1. The molecule has 33 heavy (non-hydrogen) atoms. The highest BCUT2D eigenvalue weighted by molar-refractivity contribution is 5.96. The molecule has 0 aliphatic heterocycles. The number of aliphatic carboxylic acids is 1. The second kappa shape index (κ2) is 9.56. The number of anilines is 1. The molecule has 170 valence electrons. The summed E-state index contributed by atoms with van der Waals surface area (Å²) in [6.07, 6.45) is 0.365. The fourth-order valence-corrected chi connectivity index (χ4v) is 4.03. The molecule has 1 unspecified atom stereocenters. The van der Waals surface area contributed by atoms with E-state index in [0.717, 1.165) is 22.3 Å². The van der Waals surface area contributed by atoms with Crippen LogP contribution in [-0.2, 0) is 21.4 Å². The molecule has 9 nitrogen and oxygen atoms in total. The molecule has 1 aromatic heterocycles. The molecule has 3 N–H and O–H groups in total. The normalized spacial score (nSPS) is 13.0. The summed E-state index contributed by atoms with van der Waals surface area (Å²) in [7, 11) is 1.65. The molecule has 1 aliphatic rings. The van der Waals surface area contributed by atoms with Crippen molar-refractivity contribution in [3.05, 3.63) is 71.9 Å². The number of nitrogens with zero attached hydrogens (tertiary/aromatic N) is 2. The van der Waals surface area contributed by atoms with Crippen LogP contribution >= 0.6 is 0 Å². The van der Waals surface area contributed by atoms with E-state index in [1.165, 1.54) is 10.9 Å². The summed E-state index contributed by atoms with van der Waals surface area (Å²) in [5, 5.41) is 18.1. The largest absolute Gasteiger partial charge is 0.481 e. The number of carboxylic acids is 1. The Morgan fingerprint density at radius 2 is 1.70 bits per heavy atom. The lowest BCUT2D eigenvalue weighted by Gasteiger charge is -2.19. The van der Waals surface area contributed by atoms with Gasteiger partial charge in [-0.3, -0.25) is 14.3 Å². The van der Waals surface area contributed by atoms with Gasteiger partial charge in [-0.1, -0.05) is 48.5 Å². The van der Waals surface area contributed by atoms with Gasteiger partial charge in [0.2, 0.25) is 5.91 Å². The second-order valence-electron chi connectivity index (χ2n) is 7.78. The summed E-state index contributed by atoms with van der Waals surface area (Å²) in [6, 6.07) is 16.5. The summed E-state index contributed by atoms with van der Waals surface area (Å²) in [6.45, 7) is 0.0921. The van der Waals surface area contributed by atoms with Gasteiger partial charge in [-0.25, -0.2) is 4.79 Å². The van der Waals surface area contributed by atoms with Crippen molar-refractivity contribution >= 4 is 23.8 Å². The van der Waals surface area contributed by atoms with Crippen LogP contribution in [0.1, 0.15) is 29.9 Å². The standard InChI is InChI=1S/C24H24N4O5/c1-28-21(12-13-25-28)27-23(31)20(10-11-22(29)30)26-24(32)33-14-19-17-8-4-2-6-15(17)16-7-3-5-9-18(16)19/h2-9,12-13,19-20H,10-11,14H2,1H3,(H,26,32)(H,27,31)(H,29,30). The predicted molar refractivity (Wildman–Crippen MR) is 121 cm³/mol. The number of carbonyl (C=O) groups excluding carboxylic acids is 2. The van der Waals surface area contributed by atoms with Crippen LogP contribution in [0.2, 0.25) is 0 Å². The zero-order valence-corrected chi connectivity index (χ0v) is 18.0. The molecule has 3 aromatic rings. The number of aryl methyl sites for hydroxylation is 1. The van der Waals surface area contributed by atoms with Gasteiger partial charge >= 0.3 is 12.1 Å². The average molecular weight is 448 g/mol. The topological polar surface area (TPSA) is 123 Å². The monoisotopic (exact) mass is 448 g/mol. The molecule has 0 radical (unpaired) electrons. The van der Waals surface area contributed by atoms with E-state index >= 15 is 0 Å². The maximum Gasteiger partial charge on any atom is 0.407 e. The molecule has 0 fully saturated rings. The van der Waals surface area contributed by atoms with E-state index in [-0.39, 0.29) is 25.4 Å². The summed E-state index contributed by atoms with van der Waals surface area (Å²) in [5.41, 5.74) is 4.36. The van der Waals surface area contributed by atoms with Gasteiger partial charge in [0.15, 0.2) is 0 Å². The molecule has 0 spiro atoms. The molecule has 2 aromatic carbocycles. The van der Waals surface area contributed by atoms with E-state index in [9.17, 15) is 14.4 Å². The lowest BCUT2D eigenvalue weighted by Crippen LogP contribution is -2.44. The fraction of sp³-hybridized carbons (Fsp3) is 0.250. The quantitative estimate of drug-likeness (QED) is 0.487. The number of aromatic nitrogens is 2. The van der Waals surface area contributed by atoms with Crippen molar-refractivity contribution in [1.82, 2.24) is 15.1 Å². The minimum atomic E-state index is -1.08. The van der Waals surface area contributed by atoms with Crippen LogP contribution in [0.3, 0.4) is 0 Å². The predicted octanol–water partition coefficient (Wildman–Crippen LogP) is 3.13. The van der Waals surface area contributed by atoms with Gasteiger partial charge < -0.3 is 20.5 Å². The van der Waals surface area contributed by atoms with Gasteiger partial charge in [-0.2, -0.15) is 5.10 Å². The summed E-state index contributed by atoms with van der Waals surface area (Å²) in [5.74, 6) is -1.31. The van der Waals surface area contributed by atoms with Crippen molar-refractivity contribution in [2.45, 2.75) is 24.8 Å². The summed E-state index contributed by atoms with van der Waals surface area (Å²) >= 11 is 0. The zero-order valence-electron chi connectivity index (χ0n) is 18.0. The molecular formula is C24H24N4O5. The van der Waals surface area contributed by atoms with Crippen molar-refractivity contribution < 1.29 is 24.2 Å². The minimum absolute atomic E-state index is 0.0801. The number of rotatable bonds is 8. The molecule has 0 bridgehead atoms. The first-order valence-corrected chi connectivity index (χ1v) is 10.6. The third-order valence-electron chi connectivity index (χ3n) is 5.67. The number of ether oxygens (including phenoxy) is 1. The van der Waals surface area contributed by atoms with Crippen LogP contribution in [0.25, 0.3) is 11.1 Å². The molecule has 1 heterocycles. The first-order valence-electron chi connectivity index (χ1n) is 10.6. The Kier molecular flexibility index (Phi) is 6.39. The van der Waals surface area contributed by atoms with E-state index in [2.05, 4.69) is 15.7 Å². The highest BCUT2D eigenvalue weighted by Crippen LogP contribution is 2.44. The lowest BCUT2D eigenvalue weighted by atomic mass is 9.98. The lowest BCUT2D eigenvalue weighted by molar-refractivity contribution is -0.137. The first kappa shape index (κ1) is 22.1. The van der Waals surface area contributed by atoms with E-state index < -0.39 is 24.0 Å². The Hall–Kier alpha value is -4.14. The van der Waals surface area contributed by atoms with Gasteiger partial charge in [0.25, 0.3) is 0 Å². The maximum atomic E-state index is 12.7. The molecule has 0 saturated carbocycles. The Labute approximate surface area is 190 Å². The first-order chi connectivity index (χ1) is 15.9. The summed E-state index contributed by atoms with van der Waals surface area (Å²) in [4.78, 5) is 36.3. The van der Waals surface area contributed by atoms with E-state index in [4.69, 9.17) is 9.84 Å². The van der Waals surface area contributed by atoms with Crippen molar-refractivity contribution in [3.8, 4) is 11.1 Å². The summed E-state index contributed by atoms with van der Waals surface area (Å²) < 4.78 is 6.95. The van der Waals surface area contributed by atoms with Gasteiger partial charge in [-0.05, 0) is 28.7 Å². The molecule has 4 rings (SSSR count). The van der Waals surface area contributed by atoms with Gasteiger partial charge in [0.05, 0.1) is 6.20 Å². The Morgan fingerprint density at radius 1 is 1.06 bits per heavy atom.